The molecule has 1 aromatic carbocycles. The predicted octanol–water partition coefficient (Wildman–Crippen LogP) is 4.10. The van der Waals surface area contributed by atoms with Crippen LogP contribution in [0.2, 0.25) is 15.1 Å². The zero-order valence-electron chi connectivity index (χ0n) is 8.95. The lowest BCUT2D eigenvalue weighted by Crippen LogP contribution is -1.97. The summed E-state index contributed by atoms with van der Waals surface area (Å²) < 4.78 is 0. The van der Waals surface area contributed by atoms with Gasteiger partial charge < -0.3 is 5.73 Å². The number of aromatic nitrogens is 1. The molecule has 3 nitrogen and oxygen atoms in total. The van der Waals surface area contributed by atoms with Crippen LogP contribution in [0.15, 0.2) is 24.4 Å². The zero-order chi connectivity index (χ0) is 13.3. The SMILES string of the molecule is Nc1ncc(-c2c(Cl)ccc(Cl)c2Cl)cc1C=O. The van der Waals surface area contributed by atoms with Crippen molar-refractivity contribution in [3.05, 3.63) is 45.0 Å². The largest absolute Gasteiger partial charge is 0.383 e. The van der Waals surface area contributed by atoms with Crippen molar-refractivity contribution in [1.82, 2.24) is 4.98 Å². The van der Waals surface area contributed by atoms with Gasteiger partial charge in [-0.05, 0) is 18.2 Å². The fraction of sp³-hybridized carbons (Fsp3) is 0. The van der Waals surface area contributed by atoms with Gasteiger partial charge in [-0.25, -0.2) is 4.98 Å². The quantitative estimate of drug-likeness (QED) is 0.671. The van der Waals surface area contributed by atoms with E-state index in [9.17, 15) is 4.79 Å². The van der Waals surface area contributed by atoms with Crippen LogP contribution in [-0.2, 0) is 0 Å². The van der Waals surface area contributed by atoms with Crippen molar-refractivity contribution >= 4 is 46.9 Å². The van der Waals surface area contributed by atoms with E-state index >= 15 is 0 Å². The first-order valence-corrected chi connectivity index (χ1v) is 6.02. The molecule has 0 unspecified atom stereocenters. The molecule has 6 heteroatoms. The van der Waals surface area contributed by atoms with Gasteiger partial charge in [0.2, 0.25) is 0 Å². The van der Waals surface area contributed by atoms with E-state index in [0.29, 0.717) is 32.5 Å². The van der Waals surface area contributed by atoms with Crippen molar-refractivity contribution in [2.45, 2.75) is 0 Å². The summed E-state index contributed by atoms with van der Waals surface area (Å²) in [4.78, 5) is 14.8. The lowest BCUT2D eigenvalue weighted by molar-refractivity contribution is 0.112. The van der Waals surface area contributed by atoms with Gasteiger partial charge in [-0.2, -0.15) is 0 Å². The molecule has 0 bridgehead atoms. The third kappa shape index (κ3) is 2.29. The molecule has 1 heterocycles. The number of carbonyl (C=O) groups excluding carboxylic acids is 1. The molecule has 0 radical (unpaired) electrons. The Labute approximate surface area is 118 Å². The molecule has 0 aliphatic heterocycles. The number of carbonyl (C=O) groups is 1. The highest BCUT2D eigenvalue weighted by Crippen LogP contribution is 2.39. The summed E-state index contributed by atoms with van der Waals surface area (Å²) in [6.45, 7) is 0. The first kappa shape index (κ1) is 13.1. The summed E-state index contributed by atoms with van der Waals surface area (Å²) in [7, 11) is 0. The van der Waals surface area contributed by atoms with Crippen molar-refractivity contribution in [2.75, 3.05) is 5.73 Å². The molecule has 0 saturated heterocycles. The van der Waals surface area contributed by atoms with Crippen LogP contribution in [0.3, 0.4) is 0 Å². The topological polar surface area (TPSA) is 56.0 Å². The number of pyridine rings is 1. The zero-order valence-corrected chi connectivity index (χ0v) is 11.2. The second-order valence-electron chi connectivity index (χ2n) is 3.53. The number of nitrogen functional groups attached to an aromatic ring is 1. The minimum Gasteiger partial charge on any atom is -0.383 e. The lowest BCUT2D eigenvalue weighted by atomic mass is 10.1. The molecule has 0 aliphatic rings. The molecule has 18 heavy (non-hydrogen) atoms. The minimum absolute atomic E-state index is 0.156. The molecule has 1 aromatic heterocycles. The van der Waals surface area contributed by atoms with Gasteiger partial charge in [0, 0.05) is 17.3 Å². The van der Waals surface area contributed by atoms with Crippen LogP contribution >= 0.6 is 34.8 Å². The summed E-state index contributed by atoms with van der Waals surface area (Å²) in [5.74, 6) is 0.156. The Balaban J connectivity index is 2.69. The predicted molar refractivity (Wildman–Crippen MR) is 74.5 cm³/mol. The van der Waals surface area contributed by atoms with E-state index in [0.717, 1.165) is 0 Å². The maximum Gasteiger partial charge on any atom is 0.153 e. The molecule has 0 atom stereocenters. The van der Waals surface area contributed by atoms with E-state index in [1.54, 1.807) is 18.2 Å². The first-order chi connectivity index (χ1) is 8.54. The van der Waals surface area contributed by atoms with Crippen molar-refractivity contribution in [1.29, 1.82) is 0 Å². The highest BCUT2D eigenvalue weighted by molar-refractivity contribution is 6.46. The Bertz CT molecular complexity index is 629. The lowest BCUT2D eigenvalue weighted by Gasteiger charge is -2.09. The third-order valence-electron chi connectivity index (χ3n) is 2.41. The Morgan fingerprint density at radius 1 is 1.17 bits per heavy atom. The molecule has 92 valence electrons. The molecule has 0 spiro atoms. The van der Waals surface area contributed by atoms with E-state index in [-0.39, 0.29) is 11.4 Å². The molecule has 2 rings (SSSR count). The summed E-state index contributed by atoms with van der Waals surface area (Å²) >= 11 is 18.1. The van der Waals surface area contributed by atoms with Crippen LogP contribution < -0.4 is 5.73 Å². The normalized spacial score (nSPS) is 10.4. The van der Waals surface area contributed by atoms with Gasteiger partial charge in [-0.1, -0.05) is 34.8 Å². The number of anilines is 1. The van der Waals surface area contributed by atoms with Gasteiger partial charge in [-0.3, -0.25) is 4.79 Å². The Morgan fingerprint density at radius 2 is 1.83 bits per heavy atom. The molecular weight excluding hydrogens is 295 g/mol. The Kier molecular flexibility index (Phi) is 3.76. The number of nitrogens with two attached hydrogens (primary N) is 1. The van der Waals surface area contributed by atoms with Gasteiger partial charge in [-0.15, -0.1) is 0 Å². The molecule has 2 aromatic rings. The second-order valence-corrected chi connectivity index (χ2v) is 4.73. The smallest absolute Gasteiger partial charge is 0.153 e. The van der Waals surface area contributed by atoms with E-state index in [4.69, 9.17) is 40.5 Å². The van der Waals surface area contributed by atoms with Gasteiger partial charge in [0.25, 0.3) is 0 Å². The molecule has 0 saturated carbocycles. The number of hydrogen-bond acceptors (Lipinski definition) is 3. The van der Waals surface area contributed by atoms with Gasteiger partial charge in [0.15, 0.2) is 6.29 Å². The number of rotatable bonds is 2. The molecular formula is C12H7Cl3N2O. The fourth-order valence-corrected chi connectivity index (χ4v) is 2.26. The average Bonchev–Trinajstić information content (AvgIpc) is 2.36. The van der Waals surface area contributed by atoms with Crippen molar-refractivity contribution in [2.24, 2.45) is 0 Å². The standard InChI is InChI=1S/C12H7Cl3N2O/c13-8-1-2-9(14)11(15)10(8)6-3-7(5-18)12(16)17-4-6/h1-5H,(H2,16,17). The molecule has 2 N–H and O–H groups in total. The number of aldehydes is 1. The van der Waals surface area contributed by atoms with E-state index in [2.05, 4.69) is 4.98 Å². The Hall–Kier alpha value is -1.29. The second kappa shape index (κ2) is 5.14. The summed E-state index contributed by atoms with van der Waals surface area (Å²) in [6, 6.07) is 4.79. The molecule has 0 aliphatic carbocycles. The number of nitrogens with zero attached hydrogens (tertiary/aromatic N) is 1. The van der Waals surface area contributed by atoms with Gasteiger partial charge in [0.05, 0.1) is 20.6 Å². The highest BCUT2D eigenvalue weighted by Gasteiger charge is 2.13. The van der Waals surface area contributed by atoms with Crippen LogP contribution in [-0.4, -0.2) is 11.3 Å². The van der Waals surface area contributed by atoms with Crippen LogP contribution in [0.1, 0.15) is 10.4 Å². The first-order valence-electron chi connectivity index (χ1n) is 4.89. The maximum atomic E-state index is 10.8. The van der Waals surface area contributed by atoms with Crippen molar-refractivity contribution in [3.8, 4) is 11.1 Å². The Morgan fingerprint density at radius 3 is 2.50 bits per heavy atom. The monoisotopic (exact) mass is 300 g/mol. The van der Waals surface area contributed by atoms with E-state index < -0.39 is 0 Å². The minimum atomic E-state index is 0.156. The number of benzene rings is 1. The van der Waals surface area contributed by atoms with Crippen LogP contribution in [0.25, 0.3) is 11.1 Å². The number of hydrogen-bond donors (Lipinski definition) is 1. The average molecular weight is 302 g/mol. The third-order valence-corrected chi connectivity index (χ3v) is 3.53. The summed E-state index contributed by atoms with van der Waals surface area (Å²) in [5.41, 5.74) is 6.94. The van der Waals surface area contributed by atoms with Crippen molar-refractivity contribution < 1.29 is 4.79 Å². The van der Waals surface area contributed by atoms with Crippen LogP contribution in [0.4, 0.5) is 5.82 Å². The van der Waals surface area contributed by atoms with Crippen LogP contribution in [0.5, 0.6) is 0 Å². The summed E-state index contributed by atoms with van der Waals surface area (Å²) in [6.07, 6.45) is 2.12. The van der Waals surface area contributed by atoms with Gasteiger partial charge >= 0.3 is 0 Å². The number of halogens is 3. The van der Waals surface area contributed by atoms with Crippen LogP contribution in [0, 0.1) is 0 Å². The van der Waals surface area contributed by atoms with Gasteiger partial charge in [0.1, 0.15) is 5.82 Å². The molecule has 0 fully saturated rings. The van der Waals surface area contributed by atoms with Crippen molar-refractivity contribution in [3.63, 3.8) is 0 Å². The van der Waals surface area contributed by atoms with E-state index in [1.807, 2.05) is 0 Å². The summed E-state index contributed by atoms with van der Waals surface area (Å²) in [5, 5.41) is 1.11. The molecule has 0 amide bonds. The highest BCUT2D eigenvalue weighted by atomic mass is 35.5. The van der Waals surface area contributed by atoms with E-state index in [1.165, 1.54) is 6.20 Å². The maximum absolute atomic E-state index is 10.8. The fourth-order valence-electron chi connectivity index (χ4n) is 1.52.